The Morgan fingerprint density at radius 2 is 2.00 bits per heavy atom. The van der Waals surface area contributed by atoms with Gasteiger partial charge in [0.05, 0.1) is 4.92 Å². The van der Waals surface area contributed by atoms with Gasteiger partial charge in [0.25, 0.3) is 0 Å². The molecule has 0 aliphatic heterocycles. The van der Waals surface area contributed by atoms with E-state index >= 15 is 0 Å². The second-order valence-corrected chi connectivity index (χ2v) is 4.35. The molecule has 0 aliphatic carbocycles. The third-order valence-corrected chi connectivity index (χ3v) is 2.90. The van der Waals surface area contributed by atoms with Crippen LogP contribution < -0.4 is 0 Å². The summed E-state index contributed by atoms with van der Waals surface area (Å²) in [5.74, 6) is 0.312. The molecule has 0 N–H and O–H groups in total. The summed E-state index contributed by atoms with van der Waals surface area (Å²) in [6.45, 7) is 0. The van der Waals surface area contributed by atoms with Crippen molar-refractivity contribution in [3.63, 3.8) is 0 Å². The number of nitro groups is 1. The Bertz CT molecular complexity index is 782. The molecule has 19 heavy (non-hydrogen) atoms. The van der Waals surface area contributed by atoms with Crippen molar-refractivity contribution in [3.8, 4) is 11.5 Å². The van der Waals surface area contributed by atoms with Gasteiger partial charge in [0.1, 0.15) is 5.52 Å². The zero-order chi connectivity index (χ0) is 13.4. The van der Waals surface area contributed by atoms with Crippen molar-refractivity contribution < 1.29 is 9.34 Å². The van der Waals surface area contributed by atoms with E-state index in [1.54, 1.807) is 36.4 Å². The molecule has 0 aliphatic rings. The van der Waals surface area contributed by atoms with Crippen molar-refractivity contribution in [1.82, 2.24) is 4.98 Å². The largest absolute Gasteiger partial charge is 0.429 e. The lowest BCUT2D eigenvalue weighted by molar-refractivity contribution is -0.383. The Labute approximate surface area is 112 Å². The van der Waals surface area contributed by atoms with E-state index in [0.29, 0.717) is 22.0 Å². The quantitative estimate of drug-likeness (QED) is 0.522. The number of oxazole rings is 1. The summed E-state index contributed by atoms with van der Waals surface area (Å²) < 4.78 is 5.49. The fraction of sp³-hybridized carbons (Fsp3) is 0. The predicted octanol–water partition coefficient (Wildman–Crippen LogP) is 4.06. The summed E-state index contributed by atoms with van der Waals surface area (Å²) in [7, 11) is 0. The molecule has 3 rings (SSSR count). The number of benzene rings is 2. The average molecular weight is 275 g/mol. The van der Waals surface area contributed by atoms with E-state index in [-0.39, 0.29) is 11.3 Å². The van der Waals surface area contributed by atoms with Crippen LogP contribution in [0.1, 0.15) is 0 Å². The van der Waals surface area contributed by atoms with Gasteiger partial charge in [0, 0.05) is 16.7 Å². The molecule has 0 unspecified atom stereocenters. The lowest BCUT2D eigenvalue weighted by Crippen LogP contribution is -1.87. The average Bonchev–Trinajstić information content (AvgIpc) is 2.82. The highest BCUT2D eigenvalue weighted by molar-refractivity contribution is 6.30. The number of para-hydroxylation sites is 1. The summed E-state index contributed by atoms with van der Waals surface area (Å²) in [5, 5.41) is 11.5. The summed E-state index contributed by atoms with van der Waals surface area (Å²) >= 11 is 5.90. The van der Waals surface area contributed by atoms with E-state index in [4.69, 9.17) is 16.0 Å². The zero-order valence-electron chi connectivity index (χ0n) is 9.54. The molecule has 0 saturated carbocycles. The monoisotopic (exact) mass is 274 g/mol. The van der Waals surface area contributed by atoms with E-state index in [1.165, 1.54) is 6.07 Å². The highest BCUT2D eigenvalue weighted by atomic mass is 35.5. The molecule has 0 radical (unpaired) electrons. The maximum atomic E-state index is 10.9. The second kappa shape index (κ2) is 4.37. The minimum Gasteiger partial charge on any atom is -0.429 e. The van der Waals surface area contributed by atoms with Gasteiger partial charge in [-0.3, -0.25) is 10.1 Å². The fourth-order valence-electron chi connectivity index (χ4n) is 1.82. The van der Waals surface area contributed by atoms with Crippen LogP contribution in [0.25, 0.3) is 22.6 Å². The lowest BCUT2D eigenvalue weighted by Gasteiger charge is -1.94. The molecule has 2 aromatic carbocycles. The Balaban J connectivity index is 2.22. The van der Waals surface area contributed by atoms with Crippen LogP contribution in [0.15, 0.2) is 46.9 Å². The summed E-state index contributed by atoms with van der Waals surface area (Å²) in [6.07, 6.45) is 0. The number of hydrogen-bond donors (Lipinski definition) is 0. The predicted molar refractivity (Wildman–Crippen MR) is 71.1 cm³/mol. The van der Waals surface area contributed by atoms with Crippen molar-refractivity contribution >= 4 is 28.4 Å². The number of fused-ring (bicyclic) bond motifs is 1. The molecule has 6 heteroatoms. The number of nitrogens with zero attached hydrogens (tertiary/aromatic N) is 2. The first-order valence-corrected chi connectivity index (χ1v) is 5.83. The highest BCUT2D eigenvalue weighted by Gasteiger charge is 2.18. The molecular weight excluding hydrogens is 268 g/mol. The van der Waals surface area contributed by atoms with E-state index < -0.39 is 4.92 Å². The van der Waals surface area contributed by atoms with E-state index in [0.717, 1.165) is 0 Å². The molecule has 0 bridgehead atoms. The Hall–Kier alpha value is -2.40. The third-order valence-electron chi connectivity index (χ3n) is 2.66. The van der Waals surface area contributed by atoms with Gasteiger partial charge in [-0.1, -0.05) is 23.7 Å². The topological polar surface area (TPSA) is 69.2 Å². The van der Waals surface area contributed by atoms with Gasteiger partial charge in [-0.05, 0) is 24.3 Å². The van der Waals surface area contributed by atoms with Gasteiger partial charge in [-0.2, -0.15) is 0 Å². The molecule has 0 saturated heterocycles. The van der Waals surface area contributed by atoms with E-state index in [9.17, 15) is 10.1 Å². The molecule has 1 aromatic heterocycles. The molecule has 0 amide bonds. The number of aromatic nitrogens is 1. The van der Waals surface area contributed by atoms with Gasteiger partial charge in [0.15, 0.2) is 0 Å². The molecule has 5 nitrogen and oxygen atoms in total. The standard InChI is InChI=1S/C13H7ClN2O3/c14-9-4-1-3-8(7-9)13-15-10-5-2-6-11(16(17)18)12(10)19-13/h1-7H. The van der Waals surface area contributed by atoms with Crippen LogP contribution in [-0.4, -0.2) is 9.91 Å². The smallest absolute Gasteiger partial charge is 0.313 e. The van der Waals surface area contributed by atoms with E-state index in [1.807, 2.05) is 0 Å². The van der Waals surface area contributed by atoms with Crippen molar-refractivity contribution in [2.24, 2.45) is 0 Å². The summed E-state index contributed by atoms with van der Waals surface area (Å²) in [6, 6.07) is 11.6. The van der Waals surface area contributed by atoms with Crippen LogP contribution in [0.3, 0.4) is 0 Å². The van der Waals surface area contributed by atoms with Crippen LogP contribution in [0.4, 0.5) is 5.69 Å². The zero-order valence-corrected chi connectivity index (χ0v) is 10.3. The number of non-ortho nitro benzene ring substituents is 1. The minimum atomic E-state index is -0.491. The maximum absolute atomic E-state index is 10.9. The number of nitro benzene ring substituents is 1. The first-order valence-electron chi connectivity index (χ1n) is 5.45. The maximum Gasteiger partial charge on any atom is 0.313 e. The van der Waals surface area contributed by atoms with Gasteiger partial charge in [-0.25, -0.2) is 4.98 Å². The molecule has 0 atom stereocenters. The molecule has 1 heterocycles. The molecule has 94 valence electrons. The lowest BCUT2D eigenvalue weighted by atomic mass is 10.2. The first-order chi connectivity index (χ1) is 9.15. The van der Waals surface area contributed by atoms with Crippen LogP contribution in [-0.2, 0) is 0 Å². The molecule has 0 fully saturated rings. The number of halogens is 1. The van der Waals surface area contributed by atoms with Gasteiger partial charge < -0.3 is 4.42 Å². The highest BCUT2D eigenvalue weighted by Crippen LogP contribution is 2.31. The first kappa shape index (κ1) is 11.7. The summed E-state index contributed by atoms with van der Waals surface area (Å²) in [5.41, 5.74) is 1.20. The van der Waals surface area contributed by atoms with Gasteiger partial charge >= 0.3 is 5.69 Å². The van der Waals surface area contributed by atoms with Crippen LogP contribution in [0, 0.1) is 10.1 Å². The fourth-order valence-corrected chi connectivity index (χ4v) is 2.01. The third kappa shape index (κ3) is 2.04. The van der Waals surface area contributed by atoms with Crippen LogP contribution >= 0.6 is 11.6 Å². The number of rotatable bonds is 2. The van der Waals surface area contributed by atoms with Crippen molar-refractivity contribution in [3.05, 3.63) is 57.6 Å². The minimum absolute atomic E-state index is 0.0988. The molecule has 3 aromatic rings. The normalized spacial score (nSPS) is 10.8. The van der Waals surface area contributed by atoms with Crippen molar-refractivity contribution in [2.75, 3.05) is 0 Å². The van der Waals surface area contributed by atoms with E-state index in [2.05, 4.69) is 4.98 Å². The summed E-state index contributed by atoms with van der Waals surface area (Å²) in [4.78, 5) is 14.7. The van der Waals surface area contributed by atoms with Crippen molar-refractivity contribution in [1.29, 1.82) is 0 Å². The molecule has 0 spiro atoms. The Kier molecular flexibility index (Phi) is 2.68. The van der Waals surface area contributed by atoms with Crippen LogP contribution in [0.5, 0.6) is 0 Å². The van der Waals surface area contributed by atoms with Crippen LogP contribution in [0.2, 0.25) is 5.02 Å². The number of hydrogen-bond acceptors (Lipinski definition) is 4. The molecular formula is C13H7ClN2O3. The van der Waals surface area contributed by atoms with Gasteiger partial charge in [0.2, 0.25) is 11.5 Å². The van der Waals surface area contributed by atoms with Gasteiger partial charge in [-0.15, -0.1) is 0 Å². The van der Waals surface area contributed by atoms with Crippen molar-refractivity contribution in [2.45, 2.75) is 0 Å². The SMILES string of the molecule is O=[N+]([O-])c1cccc2nc(-c3cccc(Cl)c3)oc12. The second-order valence-electron chi connectivity index (χ2n) is 3.91. The Morgan fingerprint density at radius 1 is 1.21 bits per heavy atom. The Morgan fingerprint density at radius 3 is 2.74 bits per heavy atom.